The van der Waals surface area contributed by atoms with Crippen molar-refractivity contribution in [3.8, 4) is 11.5 Å². The molecule has 1 heterocycles. The molecule has 0 aliphatic carbocycles. The van der Waals surface area contributed by atoms with Crippen molar-refractivity contribution < 1.29 is 24.5 Å². The zero-order chi connectivity index (χ0) is 19.7. The Morgan fingerprint density at radius 3 is 2.44 bits per heavy atom. The number of anilines is 1. The van der Waals surface area contributed by atoms with Crippen LogP contribution in [0.25, 0.3) is 0 Å². The van der Waals surface area contributed by atoms with Crippen LogP contribution in [0.3, 0.4) is 0 Å². The van der Waals surface area contributed by atoms with E-state index in [1.807, 2.05) is 0 Å². The number of aliphatic hydroxyl groups is 1. The minimum atomic E-state index is -0.841. The fourth-order valence-corrected chi connectivity index (χ4v) is 3.20. The topological polar surface area (TPSA) is 87.1 Å². The molecule has 0 radical (unpaired) electrons. The van der Waals surface area contributed by atoms with Crippen LogP contribution in [0.1, 0.15) is 25.5 Å². The van der Waals surface area contributed by atoms with Gasteiger partial charge in [-0.15, -0.1) is 0 Å². The molecule has 1 atom stereocenters. The van der Waals surface area contributed by atoms with Crippen LogP contribution in [-0.4, -0.2) is 29.0 Å². The highest BCUT2D eigenvalue weighted by Gasteiger charge is 2.44. The van der Waals surface area contributed by atoms with Crippen LogP contribution in [-0.2, 0) is 9.59 Å². The molecule has 6 nitrogen and oxygen atoms in total. The number of phenols is 1. The summed E-state index contributed by atoms with van der Waals surface area (Å²) in [6.07, 6.45) is 0. The van der Waals surface area contributed by atoms with Gasteiger partial charge in [0.1, 0.15) is 11.5 Å². The third-order valence-corrected chi connectivity index (χ3v) is 4.52. The van der Waals surface area contributed by atoms with E-state index in [2.05, 4.69) is 0 Å². The Hall–Kier alpha value is -3.28. The van der Waals surface area contributed by atoms with Gasteiger partial charge in [-0.25, -0.2) is 0 Å². The molecule has 0 bridgehead atoms. The minimum absolute atomic E-state index is 0.00766. The van der Waals surface area contributed by atoms with E-state index < -0.39 is 23.6 Å². The Morgan fingerprint density at radius 2 is 1.81 bits per heavy atom. The molecule has 1 unspecified atom stereocenters. The monoisotopic (exact) mass is 367 g/mol. The Balaban J connectivity index is 2.20. The van der Waals surface area contributed by atoms with E-state index in [4.69, 9.17) is 4.74 Å². The number of rotatable bonds is 5. The Kier molecular flexibility index (Phi) is 4.90. The van der Waals surface area contributed by atoms with Crippen molar-refractivity contribution in [1.82, 2.24) is 0 Å². The summed E-state index contributed by atoms with van der Waals surface area (Å²) in [5.41, 5.74) is 1.04. The highest BCUT2D eigenvalue weighted by Crippen LogP contribution is 2.43. The fraction of sp³-hybridized carbons (Fsp3) is 0.238. The highest BCUT2D eigenvalue weighted by molar-refractivity contribution is 6.16. The van der Waals surface area contributed by atoms with Gasteiger partial charge in [-0.1, -0.05) is 32.0 Å². The lowest BCUT2D eigenvalue weighted by molar-refractivity contribution is -0.119. The molecule has 27 heavy (non-hydrogen) atoms. The van der Waals surface area contributed by atoms with Gasteiger partial charge >= 0.3 is 0 Å². The van der Waals surface area contributed by atoms with Crippen LogP contribution in [0.2, 0.25) is 0 Å². The summed E-state index contributed by atoms with van der Waals surface area (Å²) in [5.74, 6) is -1.41. The second-order valence-corrected chi connectivity index (χ2v) is 6.66. The molecule has 1 amide bonds. The molecular formula is C21H21NO5. The largest absolute Gasteiger partial charge is 0.508 e. The Bertz CT molecular complexity index is 932. The van der Waals surface area contributed by atoms with Crippen molar-refractivity contribution in [2.45, 2.75) is 19.9 Å². The molecule has 140 valence electrons. The lowest BCUT2D eigenvalue weighted by Crippen LogP contribution is -2.31. The fourth-order valence-electron chi connectivity index (χ4n) is 3.20. The first-order valence-corrected chi connectivity index (χ1v) is 8.59. The van der Waals surface area contributed by atoms with Gasteiger partial charge in [0, 0.05) is 17.7 Å². The molecule has 0 spiro atoms. The van der Waals surface area contributed by atoms with E-state index in [1.54, 1.807) is 50.2 Å². The van der Waals surface area contributed by atoms with Gasteiger partial charge in [0.2, 0.25) is 0 Å². The van der Waals surface area contributed by atoms with Gasteiger partial charge in [-0.2, -0.15) is 0 Å². The average Bonchev–Trinajstić information content (AvgIpc) is 2.92. The molecule has 0 aromatic heterocycles. The second-order valence-electron chi connectivity index (χ2n) is 6.66. The van der Waals surface area contributed by atoms with Crippen molar-refractivity contribution in [1.29, 1.82) is 0 Å². The number of carbonyl (C=O) groups is 2. The van der Waals surface area contributed by atoms with Gasteiger partial charge in [-0.3, -0.25) is 14.5 Å². The van der Waals surface area contributed by atoms with E-state index in [1.165, 1.54) is 24.1 Å². The van der Waals surface area contributed by atoms with Crippen LogP contribution < -0.4 is 9.64 Å². The number of amides is 1. The third-order valence-electron chi connectivity index (χ3n) is 4.52. The summed E-state index contributed by atoms with van der Waals surface area (Å²) in [7, 11) is 1.51. The Labute approximate surface area is 157 Å². The number of hydrogen-bond acceptors (Lipinski definition) is 5. The molecule has 0 saturated carbocycles. The van der Waals surface area contributed by atoms with Crippen molar-refractivity contribution in [3.05, 3.63) is 65.4 Å². The maximum Gasteiger partial charge on any atom is 0.294 e. The van der Waals surface area contributed by atoms with Gasteiger partial charge in [0.25, 0.3) is 5.91 Å². The molecule has 3 rings (SSSR count). The van der Waals surface area contributed by atoms with E-state index >= 15 is 0 Å². The first kappa shape index (κ1) is 18.5. The molecule has 0 saturated heterocycles. The van der Waals surface area contributed by atoms with Crippen molar-refractivity contribution in [2.75, 3.05) is 12.0 Å². The van der Waals surface area contributed by atoms with Gasteiger partial charge in [0.15, 0.2) is 11.5 Å². The molecule has 0 fully saturated rings. The first-order chi connectivity index (χ1) is 12.8. The number of carbonyl (C=O) groups excluding carboxylic acids is 2. The lowest BCUT2D eigenvalue weighted by Gasteiger charge is -2.27. The number of ketones is 1. The number of aromatic hydroxyl groups is 1. The molecule has 6 heteroatoms. The number of benzene rings is 2. The normalized spacial score (nSPS) is 17.0. The van der Waals surface area contributed by atoms with Crippen LogP contribution >= 0.6 is 0 Å². The third kappa shape index (κ3) is 3.26. The summed E-state index contributed by atoms with van der Waals surface area (Å²) in [5, 5.41) is 20.4. The number of Topliss-reactive ketones (excluding diaryl/α,β-unsaturated/α-hetero) is 1. The number of nitrogens with zero attached hydrogens (tertiary/aromatic N) is 1. The van der Waals surface area contributed by atoms with Crippen LogP contribution in [0.15, 0.2) is 59.9 Å². The molecular weight excluding hydrogens is 346 g/mol. The molecule has 2 aromatic rings. The van der Waals surface area contributed by atoms with E-state index in [0.717, 1.165) is 0 Å². The maximum atomic E-state index is 12.9. The quantitative estimate of drug-likeness (QED) is 0.844. The SMILES string of the molecule is COc1cccc(N2C(=O)C(O)=C(C(=O)C(C)C)C2c2cccc(O)c2)c1. The zero-order valence-corrected chi connectivity index (χ0v) is 15.3. The van der Waals surface area contributed by atoms with Crippen LogP contribution in [0, 0.1) is 5.92 Å². The van der Waals surface area contributed by atoms with Crippen molar-refractivity contribution in [2.24, 2.45) is 5.92 Å². The summed E-state index contributed by atoms with van der Waals surface area (Å²) in [6.45, 7) is 3.42. The number of phenolic OH excluding ortho intramolecular Hbond substituents is 1. The molecule has 1 aliphatic rings. The van der Waals surface area contributed by atoms with E-state index in [-0.39, 0.29) is 17.1 Å². The molecule has 1 aliphatic heterocycles. The van der Waals surface area contributed by atoms with Crippen molar-refractivity contribution in [3.63, 3.8) is 0 Å². The predicted octanol–water partition coefficient (Wildman–Crippen LogP) is 3.53. The van der Waals surface area contributed by atoms with Gasteiger partial charge < -0.3 is 14.9 Å². The number of hydrogen-bond donors (Lipinski definition) is 2. The number of ether oxygens (including phenoxy) is 1. The Morgan fingerprint density at radius 1 is 1.11 bits per heavy atom. The predicted molar refractivity (Wildman–Crippen MR) is 101 cm³/mol. The second kappa shape index (κ2) is 7.15. The zero-order valence-electron chi connectivity index (χ0n) is 15.3. The first-order valence-electron chi connectivity index (χ1n) is 8.59. The maximum absolute atomic E-state index is 12.9. The average molecular weight is 367 g/mol. The number of methoxy groups -OCH3 is 1. The van der Waals surface area contributed by atoms with Crippen molar-refractivity contribution >= 4 is 17.4 Å². The van der Waals surface area contributed by atoms with Crippen LogP contribution in [0.5, 0.6) is 11.5 Å². The standard InChI is InChI=1S/C21H21NO5/c1-12(2)19(24)17-18(13-6-4-8-15(23)10-13)22(21(26)20(17)25)14-7-5-9-16(11-14)27-3/h4-12,18,23,25H,1-3H3. The highest BCUT2D eigenvalue weighted by atomic mass is 16.5. The smallest absolute Gasteiger partial charge is 0.294 e. The van der Waals surface area contributed by atoms with E-state index in [9.17, 15) is 19.8 Å². The summed E-state index contributed by atoms with van der Waals surface area (Å²) in [4.78, 5) is 27.0. The van der Waals surface area contributed by atoms with Gasteiger partial charge in [-0.05, 0) is 29.8 Å². The van der Waals surface area contributed by atoms with E-state index in [0.29, 0.717) is 17.0 Å². The summed E-state index contributed by atoms with van der Waals surface area (Å²) in [6, 6.07) is 12.3. The summed E-state index contributed by atoms with van der Waals surface area (Å²) >= 11 is 0. The lowest BCUT2D eigenvalue weighted by atomic mass is 9.91. The molecule has 2 N–H and O–H groups in total. The van der Waals surface area contributed by atoms with Gasteiger partial charge in [0.05, 0.1) is 18.7 Å². The number of aliphatic hydroxyl groups excluding tert-OH is 1. The molecule has 2 aromatic carbocycles. The summed E-state index contributed by atoms with van der Waals surface area (Å²) < 4.78 is 5.23. The minimum Gasteiger partial charge on any atom is -0.508 e. The van der Waals surface area contributed by atoms with Crippen LogP contribution in [0.4, 0.5) is 5.69 Å².